The number of amides is 1. The molecule has 1 aliphatic heterocycles. The van der Waals surface area contributed by atoms with Crippen LogP contribution >= 0.6 is 11.6 Å². The van der Waals surface area contributed by atoms with Crippen LogP contribution in [0.3, 0.4) is 0 Å². The van der Waals surface area contributed by atoms with Crippen molar-refractivity contribution in [2.75, 3.05) is 33.5 Å². The highest BCUT2D eigenvalue weighted by Crippen LogP contribution is 2.22. The van der Waals surface area contributed by atoms with Gasteiger partial charge in [0.2, 0.25) is 5.91 Å². The fraction of sp³-hybridized carbons (Fsp3) is 0.591. The number of carbonyl (C=O) groups excluding carboxylic acids is 3. The van der Waals surface area contributed by atoms with Crippen molar-refractivity contribution in [3.63, 3.8) is 0 Å². The number of hydrogen-bond donors (Lipinski definition) is 1. The lowest BCUT2D eigenvalue weighted by Gasteiger charge is -2.28. The van der Waals surface area contributed by atoms with Crippen molar-refractivity contribution in [1.29, 1.82) is 0 Å². The third kappa shape index (κ3) is 12.5. The van der Waals surface area contributed by atoms with Crippen LogP contribution in [0.15, 0.2) is 18.2 Å². The van der Waals surface area contributed by atoms with Gasteiger partial charge in [0.15, 0.2) is 0 Å². The Hall–Kier alpha value is -2.36. The quantitative estimate of drug-likeness (QED) is 0.406. The van der Waals surface area contributed by atoms with Crippen molar-refractivity contribution in [3.8, 4) is 5.75 Å². The van der Waals surface area contributed by atoms with Crippen LogP contribution < -0.4 is 10.5 Å². The van der Waals surface area contributed by atoms with E-state index in [0.29, 0.717) is 37.5 Å². The van der Waals surface area contributed by atoms with Gasteiger partial charge in [-0.25, -0.2) is 4.79 Å². The lowest BCUT2D eigenvalue weighted by atomic mass is 10.1. The Morgan fingerprint density at radius 3 is 2.66 bits per heavy atom. The van der Waals surface area contributed by atoms with E-state index in [2.05, 4.69) is 4.74 Å². The second-order valence-corrected chi connectivity index (χ2v) is 7.59. The van der Waals surface area contributed by atoms with Crippen LogP contribution in [-0.2, 0) is 33.3 Å². The molecular weight excluding hydrogens is 442 g/mol. The summed E-state index contributed by atoms with van der Waals surface area (Å²) in [6.45, 7) is 4.49. The van der Waals surface area contributed by atoms with Crippen LogP contribution in [0.1, 0.15) is 38.2 Å². The number of halogens is 1. The second-order valence-electron chi connectivity index (χ2n) is 7.16. The Labute approximate surface area is 193 Å². The first-order valence-corrected chi connectivity index (χ1v) is 10.7. The zero-order valence-electron chi connectivity index (χ0n) is 18.8. The molecule has 180 valence electrons. The molecule has 2 unspecified atom stereocenters. The average molecular weight is 474 g/mol. The average Bonchev–Trinajstić information content (AvgIpc) is 2.75. The summed E-state index contributed by atoms with van der Waals surface area (Å²) in [6.07, 6.45) is 2.13. The summed E-state index contributed by atoms with van der Waals surface area (Å²) < 4.78 is 25.6. The maximum absolute atomic E-state index is 10.9. The summed E-state index contributed by atoms with van der Waals surface area (Å²) in [6, 6.07) is 5.44. The number of hydrogen-bond acceptors (Lipinski definition) is 8. The monoisotopic (exact) mass is 473 g/mol. The molecule has 2 atom stereocenters. The van der Waals surface area contributed by atoms with Crippen molar-refractivity contribution in [1.82, 2.24) is 0 Å². The van der Waals surface area contributed by atoms with Crippen LogP contribution in [0, 0.1) is 6.92 Å². The predicted octanol–water partition coefficient (Wildman–Crippen LogP) is 2.58. The fourth-order valence-electron chi connectivity index (χ4n) is 2.77. The molecule has 2 rings (SSSR count). The highest BCUT2D eigenvalue weighted by atomic mass is 35.5. The van der Waals surface area contributed by atoms with Crippen LogP contribution in [0.25, 0.3) is 0 Å². The standard InChI is InChI=1S/C11H14ClNO2.C11H18O6/c1-8-7-9(12)4-5-10(8)15-6-2-3-11(13)14;1-8(12)16-6-10-5-9(3-4-15-10)17-7-11(13)14-2/h4-5,7H,2-3,6H2,1H3,(H2,13,14);9-10H,3-7H2,1-2H3. The molecule has 0 saturated carbocycles. The van der Waals surface area contributed by atoms with Crippen LogP contribution in [-0.4, -0.2) is 63.6 Å². The summed E-state index contributed by atoms with van der Waals surface area (Å²) >= 11 is 5.80. The summed E-state index contributed by atoms with van der Waals surface area (Å²) in [7, 11) is 1.32. The summed E-state index contributed by atoms with van der Waals surface area (Å²) in [5.74, 6) is -0.227. The number of aryl methyl sites for hydroxylation is 1. The molecule has 32 heavy (non-hydrogen) atoms. The maximum Gasteiger partial charge on any atom is 0.331 e. The van der Waals surface area contributed by atoms with Crippen molar-refractivity contribution in [2.45, 2.75) is 51.7 Å². The molecular formula is C22H32ClNO8. The minimum atomic E-state index is -0.395. The van der Waals surface area contributed by atoms with Gasteiger partial charge in [0.25, 0.3) is 0 Å². The molecule has 2 N–H and O–H groups in total. The van der Waals surface area contributed by atoms with Crippen LogP contribution in [0.2, 0.25) is 5.02 Å². The molecule has 0 aliphatic carbocycles. The SMILES string of the molecule is COC(=O)COC1CCOC(COC(C)=O)C1.Cc1cc(Cl)ccc1OCCCC(N)=O. The van der Waals surface area contributed by atoms with E-state index < -0.39 is 5.97 Å². The van der Waals surface area contributed by atoms with Gasteiger partial charge in [-0.2, -0.15) is 0 Å². The molecule has 1 heterocycles. The first-order valence-electron chi connectivity index (χ1n) is 10.3. The Morgan fingerprint density at radius 2 is 2.03 bits per heavy atom. The molecule has 1 aromatic carbocycles. The first-order chi connectivity index (χ1) is 15.2. The van der Waals surface area contributed by atoms with Gasteiger partial charge in [-0.05, 0) is 43.5 Å². The molecule has 1 aromatic rings. The van der Waals surface area contributed by atoms with Crippen LogP contribution in [0.4, 0.5) is 0 Å². The van der Waals surface area contributed by atoms with E-state index in [4.69, 9.17) is 36.3 Å². The molecule has 1 fully saturated rings. The lowest BCUT2D eigenvalue weighted by molar-refractivity contribution is -0.156. The third-order valence-electron chi connectivity index (χ3n) is 4.42. The third-order valence-corrected chi connectivity index (χ3v) is 4.65. The van der Waals surface area contributed by atoms with Crippen molar-refractivity contribution in [3.05, 3.63) is 28.8 Å². The van der Waals surface area contributed by atoms with Gasteiger partial charge in [-0.3, -0.25) is 9.59 Å². The second kappa shape index (κ2) is 15.4. The van der Waals surface area contributed by atoms with Gasteiger partial charge in [-0.15, -0.1) is 0 Å². The zero-order valence-corrected chi connectivity index (χ0v) is 19.5. The fourth-order valence-corrected chi connectivity index (χ4v) is 3.00. The number of nitrogens with two attached hydrogens (primary N) is 1. The largest absolute Gasteiger partial charge is 0.493 e. The van der Waals surface area contributed by atoms with E-state index in [1.165, 1.54) is 14.0 Å². The maximum atomic E-state index is 10.9. The molecule has 1 amide bonds. The minimum Gasteiger partial charge on any atom is -0.493 e. The molecule has 1 aliphatic rings. The predicted molar refractivity (Wildman–Crippen MR) is 117 cm³/mol. The summed E-state index contributed by atoms with van der Waals surface area (Å²) in [5.41, 5.74) is 6.00. The number of esters is 2. The Bertz CT molecular complexity index is 743. The van der Waals surface area contributed by atoms with Crippen molar-refractivity contribution in [2.24, 2.45) is 5.73 Å². The number of ether oxygens (including phenoxy) is 5. The molecule has 1 saturated heterocycles. The van der Waals surface area contributed by atoms with Gasteiger partial charge in [0.05, 0.1) is 25.9 Å². The van der Waals surface area contributed by atoms with Crippen LogP contribution in [0.5, 0.6) is 5.75 Å². The smallest absolute Gasteiger partial charge is 0.331 e. The number of methoxy groups -OCH3 is 1. The van der Waals surface area contributed by atoms with E-state index in [1.54, 1.807) is 6.07 Å². The highest BCUT2D eigenvalue weighted by Gasteiger charge is 2.24. The van der Waals surface area contributed by atoms with Gasteiger partial charge < -0.3 is 29.4 Å². The van der Waals surface area contributed by atoms with Gasteiger partial charge >= 0.3 is 11.9 Å². The molecule has 9 nitrogen and oxygen atoms in total. The topological polar surface area (TPSA) is 123 Å². The van der Waals surface area contributed by atoms with E-state index in [-0.39, 0.29) is 37.3 Å². The van der Waals surface area contributed by atoms with Gasteiger partial charge in [0, 0.05) is 31.4 Å². The van der Waals surface area contributed by atoms with E-state index >= 15 is 0 Å². The molecule has 10 heteroatoms. The van der Waals surface area contributed by atoms with Gasteiger partial charge in [0.1, 0.15) is 19.0 Å². The number of benzene rings is 1. The number of carbonyl (C=O) groups is 3. The highest BCUT2D eigenvalue weighted by molar-refractivity contribution is 6.30. The van der Waals surface area contributed by atoms with Gasteiger partial charge in [-0.1, -0.05) is 11.6 Å². The summed E-state index contributed by atoms with van der Waals surface area (Å²) in [4.78, 5) is 32.0. The lowest BCUT2D eigenvalue weighted by Crippen LogP contribution is -2.35. The summed E-state index contributed by atoms with van der Waals surface area (Å²) in [5, 5.41) is 0.692. The number of primary amides is 1. The molecule has 0 spiro atoms. The minimum absolute atomic E-state index is 0.0524. The Balaban J connectivity index is 0.000000323. The van der Waals surface area contributed by atoms with E-state index in [9.17, 15) is 14.4 Å². The van der Waals surface area contributed by atoms with Crippen molar-refractivity contribution >= 4 is 29.4 Å². The van der Waals surface area contributed by atoms with Crippen molar-refractivity contribution < 1.29 is 38.1 Å². The molecule has 0 radical (unpaired) electrons. The first kappa shape index (κ1) is 27.7. The Kier molecular flexibility index (Phi) is 13.4. The normalized spacial score (nSPS) is 17.5. The number of rotatable bonds is 10. The molecule has 0 bridgehead atoms. The zero-order chi connectivity index (χ0) is 23.9. The Morgan fingerprint density at radius 1 is 1.28 bits per heavy atom. The molecule has 0 aromatic heterocycles. The van der Waals surface area contributed by atoms with E-state index in [0.717, 1.165) is 17.7 Å². The van der Waals surface area contributed by atoms with E-state index in [1.807, 2.05) is 19.1 Å².